The van der Waals surface area contributed by atoms with Crippen molar-refractivity contribution in [2.75, 3.05) is 5.73 Å². The van der Waals surface area contributed by atoms with Gasteiger partial charge in [-0.2, -0.15) is 10.2 Å². The number of hydrogen-bond acceptors (Lipinski definition) is 5. The predicted octanol–water partition coefficient (Wildman–Crippen LogP) is 5.01. The number of ether oxygens (including phenoxy) is 1. The van der Waals surface area contributed by atoms with Crippen molar-refractivity contribution in [3.8, 4) is 28.3 Å². The van der Waals surface area contributed by atoms with Crippen molar-refractivity contribution < 1.29 is 9.13 Å². The van der Waals surface area contributed by atoms with E-state index in [-0.39, 0.29) is 11.7 Å². The first kappa shape index (κ1) is 20.7. The van der Waals surface area contributed by atoms with E-state index in [0.717, 1.165) is 58.7 Å². The van der Waals surface area contributed by atoms with Gasteiger partial charge in [-0.3, -0.25) is 9.36 Å². The highest BCUT2D eigenvalue weighted by Gasteiger charge is 2.37. The first-order valence-electron chi connectivity index (χ1n) is 12.3. The number of fused-ring (bicyclic) bond motifs is 7. The van der Waals surface area contributed by atoms with Gasteiger partial charge in [0.05, 0.1) is 17.1 Å². The van der Waals surface area contributed by atoms with Crippen molar-refractivity contribution in [1.29, 1.82) is 0 Å². The molecule has 0 amide bonds. The molecule has 178 valence electrons. The number of aryl methyl sites for hydroxylation is 2. The Morgan fingerprint density at radius 1 is 1.14 bits per heavy atom. The van der Waals surface area contributed by atoms with Crippen LogP contribution in [0, 0.1) is 11.7 Å². The monoisotopic (exact) mass is 470 g/mol. The summed E-state index contributed by atoms with van der Waals surface area (Å²) in [6, 6.07) is 6.82. The van der Waals surface area contributed by atoms with Crippen LogP contribution in [0.4, 0.5) is 10.2 Å². The van der Waals surface area contributed by atoms with Gasteiger partial charge in [0.25, 0.3) is 0 Å². The summed E-state index contributed by atoms with van der Waals surface area (Å²) in [5.74, 6) is 1.33. The first-order valence-corrected chi connectivity index (χ1v) is 12.3. The van der Waals surface area contributed by atoms with Crippen molar-refractivity contribution in [3.05, 3.63) is 64.9 Å². The molecule has 8 heteroatoms. The van der Waals surface area contributed by atoms with E-state index in [9.17, 15) is 4.39 Å². The van der Waals surface area contributed by atoms with Crippen LogP contribution in [-0.4, -0.2) is 24.5 Å². The van der Waals surface area contributed by atoms with E-state index < -0.39 is 6.10 Å². The number of pyridine rings is 1. The molecule has 0 spiro atoms. The SMILES string of the molecule is C[C@H]1Oc2cc(cnc2N)-c2c3c(nn2CC2CC2)CC[C@@H]3c2cn(C)nc2-c2ccc(F)cc21. The van der Waals surface area contributed by atoms with Crippen LogP contribution in [-0.2, 0) is 20.0 Å². The molecule has 35 heavy (non-hydrogen) atoms. The molecular formula is C27H27FN6O. The number of hydrogen-bond donors (Lipinski definition) is 1. The predicted molar refractivity (Wildman–Crippen MR) is 130 cm³/mol. The van der Waals surface area contributed by atoms with Crippen molar-refractivity contribution in [2.45, 2.75) is 51.2 Å². The zero-order valence-corrected chi connectivity index (χ0v) is 19.8. The fourth-order valence-electron chi connectivity index (χ4n) is 5.78. The fraction of sp³-hybridized carbons (Fsp3) is 0.370. The molecule has 2 atom stereocenters. The van der Waals surface area contributed by atoms with Crippen LogP contribution in [0.5, 0.6) is 5.75 Å². The third kappa shape index (κ3) is 3.26. The number of rotatable bonds is 2. The van der Waals surface area contributed by atoms with Gasteiger partial charge in [0.15, 0.2) is 11.6 Å². The molecule has 2 aliphatic carbocycles. The maximum atomic E-state index is 14.4. The highest BCUT2D eigenvalue weighted by molar-refractivity contribution is 5.74. The average Bonchev–Trinajstić information content (AvgIpc) is 3.26. The number of benzene rings is 1. The van der Waals surface area contributed by atoms with Gasteiger partial charge in [-0.15, -0.1) is 0 Å². The number of halogens is 1. The van der Waals surface area contributed by atoms with Gasteiger partial charge in [-0.05, 0) is 62.8 Å². The van der Waals surface area contributed by atoms with Gasteiger partial charge >= 0.3 is 0 Å². The smallest absolute Gasteiger partial charge is 0.166 e. The largest absolute Gasteiger partial charge is 0.482 e. The summed E-state index contributed by atoms with van der Waals surface area (Å²) in [5, 5.41) is 9.95. The molecule has 1 saturated carbocycles. The highest BCUT2D eigenvalue weighted by atomic mass is 19.1. The minimum absolute atomic E-state index is 0.145. The lowest BCUT2D eigenvalue weighted by atomic mass is 9.88. The van der Waals surface area contributed by atoms with Gasteiger partial charge < -0.3 is 10.5 Å². The summed E-state index contributed by atoms with van der Waals surface area (Å²) < 4.78 is 24.8. The molecule has 7 rings (SSSR count). The Bertz CT molecular complexity index is 1480. The highest BCUT2D eigenvalue weighted by Crippen LogP contribution is 2.48. The Hall–Kier alpha value is -3.68. The normalized spacial score (nSPS) is 20.3. The third-order valence-corrected chi connectivity index (χ3v) is 7.61. The quantitative estimate of drug-likeness (QED) is 0.445. The molecule has 4 aromatic rings. The summed E-state index contributed by atoms with van der Waals surface area (Å²) in [4.78, 5) is 4.50. The molecule has 7 nitrogen and oxygen atoms in total. The molecule has 0 saturated heterocycles. The molecule has 1 aliphatic heterocycles. The fourth-order valence-corrected chi connectivity index (χ4v) is 5.78. The van der Waals surface area contributed by atoms with Crippen molar-refractivity contribution in [3.63, 3.8) is 0 Å². The van der Waals surface area contributed by atoms with Crippen molar-refractivity contribution >= 4 is 5.82 Å². The van der Waals surface area contributed by atoms with Crippen LogP contribution >= 0.6 is 0 Å². The lowest BCUT2D eigenvalue weighted by Gasteiger charge is -2.22. The van der Waals surface area contributed by atoms with E-state index in [0.29, 0.717) is 17.5 Å². The summed E-state index contributed by atoms with van der Waals surface area (Å²) in [6.45, 7) is 2.82. The molecule has 3 aliphatic rings. The zero-order chi connectivity index (χ0) is 23.8. The van der Waals surface area contributed by atoms with Crippen LogP contribution in [0.3, 0.4) is 0 Å². The second-order valence-electron chi connectivity index (χ2n) is 10.1. The number of anilines is 1. The Kier molecular flexibility index (Phi) is 4.38. The minimum Gasteiger partial charge on any atom is -0.482 e. The van der Waals surface area contributed by atoms with E-state index in [1.165, 1.54) is 30.5 Å². The van der Waals surface area contributed by atoms with Crippen LogP contribution in [0.15, 0.2) is 36.7 Å². The Morgan fingerprint density at radius 3 is 2.83 bits per heavy atom. The first-order chi connectivity index (χ1) is 17.0. The maximum absolute atomic E-state index is 14.4. The van der Waals surface area contributed by atoms with E-state index in [2.05, 4.69) is 15.9 Å². The van der Waals surface area contributed by atoms with E-state index in [1.54, 1.807) is 0 Å². The number of aromatic nitrogens is 5. The molecule has 2 bridgehead atoms. The Morgan fingerprint density at radius 2 is 2.00 bits per heavy atom. The molecule has 4 heterocycles. The van der Waals surface area contributed by atoms with Gasteiger partial charge in [0, 0.05) is 59.7 Å². The molecule has 1 aromatic carbocycles. The summed E-state index contributed by atoms with van der Waals surface area (Å²) in [7, 11) is 1.94. The molecule has 1 fully saturated rings. The van der Waals surface area contributed by atoms with Crippen LogP contribution < -0.4 is 10.5 Å². The third-order valence-electron chi connectivity index (χ3n) is 7.61. The standard InChI is InChI=1S/C27H27FN6O/c1-14-20-10-17(28)5-6-19(20)25-21(13-33(2)32-25)18-7-8-22-24(18)26(34(31-22)12-15-3-4-15)16-9-23(35-14)27(29)30-11-16/h5-6,9-11,13-15,18H,3-4,7-8,12H2,1-2H3,(H2,29,30)/t14-,18-/m1/s1. The van der Waals surface area contributed by atoms with Gasteiger partial charge in [-0.1, -0.05) is 0 Å². The van der Waals surface area contributed by atoms with Crippen LogP contribution in [0.2, 0.25) is 0 Å². The van der Waals surface area contributed by atoms with Crippen molar-refractivity contribution in [2.24, 2.45) is 13.0 Å². The maximum Gasteiger partial charge on any atom is 0.166 e. The summed E-state index contributed by atoms with van der Waals surface area (Å²) in [6.07, 6.45) is 7.85. The van der Waals surface area contributed by atoms with Gasteiger partial charge in [-0.25, -0.2) is 9.37 Å². The second kappa shape index (κ2) is 7.41. The Labute approximate surface area is 202 Å². The van der Waals surface area contributed by atoms with Crippen molar-refractivity contribution in [1.82, 2.24) is 24.5 Å². The lowest BCUT2D eigenvalue weighted by Crippen LogP contribution is -2.11. The zero-order valence-electron chi connectivity index (χ0n) is 19.8. The molecule has 2 N–H and O–H groups in total. The molecular weight excluding hydrogens is 443 g/mol. The number of nitrogen functional groups attached to an aromatic ring is 1. The minimum atomic E-state index is -0.454. The van der Waals surface area contributed by atoms with Gasteiger partial charge in [0.2, 0.25) is 0 Å². The second-order valence-corrected chi connectivity index (χ2v) is 10.1. The van der Waals surface area contributed by atoms with Crippen LogP contribution in [0.25, 0.3) is 22.5 Å². The van der Waals surface area contributed by atoms with Gasteiger partial charge in [0.1, 0.15) is 11.9 Å². The molecule has 3 aromatic heterocycles. The topological polar surface area (TPSA) is 83.8 Å². The number of nitrogens with two attached hydrogens (primary N) is 1. The van der Waals surface area contributed by atoms with E-state index in [4.69, 9.17) is 20.7 Å². The number of nitrogens with zero attached hydrogens (tertiary/aromatic N) is 5. The Balaban J connectivity index is 1.53. The molecule has 0 unspecified atom stereocenters. The molecule has 0 radical (unpaired) electrons. The summed E-state index contributed by atoms with van der Waals surface area (Å²) in [5.41, 5.74) is 14.3. The van der Waals surface area contributed by atoms with E-state index in [1.807, 2.05) is 37.0 Å². The van der Waals surface area contributed by atoms with E-state index >= 15 is 0 Å². The summed E-state index contributed by atoms with van der Waals surface area (Å²) >= 11 is 0. The van der Waals surface area contributed by atoms with Crippen LogP contribution in [0.1, 0.15) is 60.6 Å². The average molecular weight is 471 g/mol. The lowest BCUT2D eigenvalue weighted by molar-refractivity contribution is 0.227.